The lowest BCUT2D eigenvalue weighted by molar-refractivity contribution is 0.140. The normalized spacial score (nSPS) is 10.7. The molecule has 0 heterocycles. The Kier molecular flexibility index (Phi) is 4.59. The molecular weight excluding hydrogens is 190 g/mol. The van der Waals surface area contributed by atoms with Crippen LogP contribution in [0.2, 0.25) is 0 Å². The van der Waals surface area contributed by atoms with Crippen molar-refractivity contribution in [2.24, 2.45) is 5.90 Å². The van der Waals surface area contributed by atoms with E-state index in [1.807, 2.05) is 26.0 Å². The van der Waals surface area contributed by atoms with Gasteiger partial charge < -0.3 is 9.57 Å². The molecule has 1 rings (SSSR count). The van der Waals surface area contributed by atoms with Gasteiger partial charge in [-0.15, -0.1) is 0 Å². The lowest BCUT2D eigenvalue weighted by Crippen LogP contribution is -2.10. The fourth-order valence-electron chi connectivity index (χ4n) is 1.44. The van der Waals surface area contributed by atoms with Gasteiger partial charge in [0.05, 0.1) is 12.7 Å². The second-order valence-electron chi connectivity index (χ2n) is 3.90. The number of benzene rings is 1. The van der Waals surface area contributed by atoms with Crippen molar-refractivity contribution in [1.82, 2.24) is 0 Å². The van der Waals surface area contributed by atoms with Crippen LogP contribution in [0.4, 0.5) is 0 Å². The van der Waals surface area contributed by atoms with Gasteiger partial charge in [-0.1, -0.05) is 17.7 Å². The maximum Gasteiger partial charge on any atom is 0.122 e. The monoisotopic (exact) mass is 209 g/mol. The smallest absolute Gasteiger partial charge is 0.122 e. The maximum absolute atomic E-state index is 5.70. The van der Waals surface area contributed by atoms with Gasteiger partial charge in [-0.3, -0.25) is 0 Å². The van der Waals surface area contributed by atoms with Gasteiger partial charge in [0.1, 0.15) is 5.75 Å². The SMILES string of the molecule is Cc1ccc(OC(C)C)c(CCON)c1. The maximum atomic E-state index is 5.70. The molecule has 1 aromatic rings. The van der Waals surface area contributed by atoms with E-state index in [9.17, 15) is 0 Å². The van der Waals surface area contributed by atoms with Crippen LogP contribution in [-0.2, 0) is 11.3 Å². The summed E-state index contributed by atoms with van der Waals surface area (Å²) in [6.07, 6.45) is 0.963. The van der Waals surface area contributed by atoms with Crippen LogP contribution in [0.1, 0.15) is 25.0 Å². The Morgan fingerprint density at radius 1 is 1.33 bits per heavy atom. The highest BCUT2D eigenvalue weighted by molar-refractivity contribution is 5.37. The molecule has 3 nitrogen and oxygen atoms in total. The number of rotatable bonds is 5. The van der Waals surface area contributed by atoms with E-state index in [4.69, 9.17) is 10.6 Å². The lowest BCUT2D eigenvalue weighted by atomic mass is 10.1. The summed E-state index contributed by atoms with van der Waals surface area (Å²) in [7, 11) is 0. The molecule has 0 bridgehead atoms. The first-order valence-electron chi connectivity index (χ1n) is 5.21. The topological polar surface area (TPSA) is 44.5 Å². The summed E-state index contributed by atoms with van der Waals surface area (Å²) in [6.45, 7) is 6.61. The van der Waals surface area contributed by atoms with Gasteiger partial charge >= 0.3 is 0 Å². The van der Waals surface area contributed by atoms with Crippen LogP contribution >= 0.6 is 0 Å². The lowest BCUT2D eigenvalue weighted by Gasteiger charge is -2.14. The molecule has 0 radical (unpaired) electrons. The molecule has 0 fully saturated rings. The first-order chi connectivity index (χ1) is 7.13. The average molecular weight is 209 g/mol. The van der Waals surface area contributed by atoms with E-state index < -0.39 is 0 Å². The van der Waals surface area contributed by atoms with Crippen molar-refractivity contribution in [2.75, 3.05) is 6.61 Å². The second-order valence-corrected chi connectivity index (χ2v) is 3.90. The highest BCUT2D eigenvalue weighted by atomic mass is 16.6. The molecule has 84 valence electrons. The molecule has 15 heavy (non-hydrogen) atoms. The zero-order valence-electron chi connectivity index (χ0n) is 9.62. The molecular formula is C12H19NO2. The minimum absolute atomic E-state index is 0.185. The molecule has 0 spiro atoms. The van der Waals surface area contributed by atoms with E-state index in [1.165, 1.54) is 5.56 Å². The third kappa shape index (κ3) is 3.90. The Morgan fingerprint density at radius 2 is 2.07 bits per heavy atom. The molecule has 0 aromatic heterocycles. The summed E-state index contributed by atoms with van der Waals surface area (Å²) < 4.78 is 5.70. The molecule has 0 unspecified atom stereocenters. The van der Waals surface area contributed by atoms with Gasteiger partial charge in [0, 0.05) is 6.42 Å². The summed E-state index contributed by atoms with van der Waals surface area (Å²) in [5.41, 5.74) is 2.37. The molecule has 1 aromatic carbocycles. The average Bonchev–Trinajstić information content (AvgIpc) is 2.18. The van der Waals surface area contributed by atoms with E-state index in [-0.39, 0.29) is 6.10 Å². The van der Waals surface area contributed by atoms with Gasteiger partial charge in [0.2, 0.25) is 0 Å². The van der Waals surface area contributed by atoms with Crippen LogP contribution in [0, 0.1) is 6.92 Å². The van der Waals surface area contributed by atoms with Gasteiger partial charge in [-0.25, -0.2) is 5.90 Å². The molecule has 0 saturated heterocycles. The van der Waals surface area contributed by atoms with Crippen molar-refractivity contribution in [3.8, 4) is 5.75 Å². The minimum Gasteiger partial charge on any atom is -0.491 e. The van der Waals surface area contributed by atoms with Crippen molar-refractivity contribution in [3.63, 3.8) is 0 Å². The van der Waals surface area contributed by atoms with E-state index >= 15 is 0 Å². The highest BCUT2D eigenvalue weighted by Crippen LogP contribution is 2.21. The third-order valence-electron chi connectivity index (χ3n) is 2.07. The van der Waals surface area contributed by atoms with Crippen molar-refractivity contribution < 1.29 is 9.57 Å². The van der Waals surface area contributed by atoms with Crippen molar-refractivity contribution in [1.29, 1.82) is 0 Å². The fraction of sp³-hybridized carbons (Fsp3) is 0.500. The Hall–Kier alpha value is -1.06. The molecule has 0 aliphatic carbocycles. The Bertz CT molecular complexity index is 310. The summed E-state index contributed by atoms with van der Waals surface area (Å²) >= 11 is 0. The van der Waals surface area contributed by atoms with Gasteiger partial charge in [-0.2, -0.15) is 0 Å². The van der Waals surface area contributed by atoms with Gasteiger partial charge in [-0.05, 0) is 32.4 Å². The molecule has 0 atom stereocenters. The number of hydrogen-bond donors (Lipinski definition) is 1. The van der Waals surface area contributed by atoms with Crippen LogP contribution in [0.15, 0.2) is 18.2 Å². The summed E-state index contributed by atoms with van der Waals surface area (Å²) in [5, 5.41) is 0. The van der Waals surface area contributed by atoms with E-state index in [0.717, 1.165) is 17.7 Å². The summed E-state index contributed by atoms with van der Waals surface area (Å²) in [5.74, 6) is 5.95. The molecule has 0 saturated carbocycles. The minimum atomic E-state index is 0.185. The number of ether oxygens (including phenoxy) is 1. The largest absolute Gasteiger partial charge is 0.491 e. The zero-order valence-corrected chi connectivity index (χ0v) is 9.62. The summed E-state index contributed by atoms with van der Waals surface area (Å²) in [4.78, 5) is 4.59. The molecule has 2 N–H and O–H groups in total. The summed E-state index contributed by atoms with van der Waals surface area (Å²) in [6, 6.07) is 6.16. The molecule has 0 aliphatic heterocycles. The van der Waals surface area contributed by atoms with Crippen LogP contribution < -0.4 is 10.6 Å². The number of nitrogens with two attached hydrogens (primary N) is 1. The van der Waals surface area contributed by atoms with Crippen molar-refractivity contribution in [2.45, 2.75) is 33.3 Å². The molecule has 3 heteroatoms. The number of hydrogen-bond acceptors (Lipinski definition) is 3. The molecule has 0 aliphatic rings. The van der Waals surface area contributed by atoms with Crippen LogP contribution in [0.5, 0.6) is 5.75 Å². The Balaban J connectivity index is 2.82. The Labute approximate surface area is 91.1 Å². The molecule has 0 amide bonds. The zero-order chi connectivity index (χ0) is 11.3. The van der Waals surface area contributed by atoms with E-state index in [1.54, 1.807) is 0 Å². The van der Waals surface area contributed by atoms with E-state index in [0.29, 0.717) is 6.61 Å². The van der Waals surface area contributed by atoms with Crippen molar-refractivity contribution in [3.05, 3.63) is 29.3 Å². The van der Waals surface area contributed by atoms with Gasteiger partial charge in [0.15, 0.2) is 0 Å². The van der Waals surface area contributed by atoms with E-state index in [2.05, 4.69) is 17.8 Å². The van der Waals surface area contributed by atoms with Crippen LogP contribution in [-0.4, -0.2) is 12.7 Å². The first kappa shape index (κ1) is 12.0. The Morgan fingerprint density at radius 3 is 2.67 bits per heavy atom. The van der Waals surface area contributed by atoms with Crippen LogP contribution in [0.3, 0.4) is 0 Å². The standard InChI is InChI=1S/C12H19NO2/c1-9(2)15-12-5-4-10(3)8-11(12)6-7-14-13/h4-5,8-9H,6-7,13H2,1-3H3. The highest BCUT2D eigenvalue weighted by Gasteiger charge is 2.05. The second kappa shape index (κ2) is 5.73. The predicted octanol–water partition coefficient (Wildman–Crippen LogP) is 2.22. The van der Waals surface area contributed by atoms with Crippen LogP contribution in [0.25, 0.3) is 0 Å². The first-order valence-corrected chi connectivity index (χ1v) is 5.21. The quantitative estimate of drug-likeness (QED) is 0.756. The predicted molar refractivity (Wildman–Crippen MR) is 60.8 cm³/mol. The van der Waals surface area contributed by atoms with Crippen molar-refractivity contribution >= 4 is 0 Å². The fourth-order valence-corrected chi connectivity index (χ4v) is 1.44. The third-order valence-corrected chi connectivity index (χ3v) is 2.07. The number of aryl methyl sites for hydroxylation is 1. The van der Waals surface area contributed by atoms with Gasteiger partial charge in [0.25, 0.3) is 0 Å².